The molecule has 0 saturated heterocycles. The van der Waals surface area contributed by atoms with Crippen LogP contribution in [0.3, 0.4) is 0 Å². The summed E-state index contributed by atoms with van der Waals surface area (Å²) in [6, 6.07) is 18.3. The molecule has 0 fully saturated rings. The van der Waals surface area contributed by atoms with Crippen LogP contribution in [0.5, 0.6) is 0 Å². The molecule has 3 N–H and O–H groups in total. The summed E-state index contributed by atoms with van der Waals surface area (Å²) in [4.78, 5) is 18.8. The van der Waals surface area contributed by atoms with Crippen molar-refractivity contribution in [3.8, 4) is 0 Å². The van der Waals surface area contributed by atoms with Gasteiger partial charge >= 0.3 is 0 Å². The third-order valence-corrected chi connectivity index (χ3v) is 4.80. The molecule has 0 aliphatic carbocycles. The molecule has 6 nitrogen and oxygen atoms in total. The molecular formula is C23H33N5O. The monoisotopic (exact) mass is 395 g/mol. The Bertz CT molecular complexity index is 791. The first-order chi connectivity index (χ1) is 14.0. The van der Waals surface area contributed by atoms with Crippen LogP contribution in [0.4, 0.5) is 5.69 Å². The minimum atomic E-state index is -0.0637. The Morgan fingerprint density at radius 3 is 2.55 bits per heavy atom. The summed E-state index contributed by atoms with van der Waals surface area (Å²) in [7, 11) is 3.74. The summed E-state index contributed by atoms with van der Waals surface area (Å²) in [5, 5.41) is 9.34. The Kier molecular flexibility index (Phi) is 9.02. The average Bonchev–Trinajstić information content (AvgIpc) is 2.77. The van der Waals surface area contributed by atoms with Gasteiger partial charge in [-0.2, -0.15) is 0 Å². The number of rotatable bonds is 9. The van der Waals surface area contributed by atoms with Gasteiger partial charge in [-0.05, 0) is 50.1 Å². The largest absolute Gasteiger partial charge is 0.370 e. The smallest absolute Gasteiger partial charge is 0.251 e. The maximum absolute atomic E-state index is 11.8. The zero-order valence-electron chi connectivity index (χ0n) is 17.9. The molecule has 2 aromatic carbocycles. The Hall–Kier alpha value is -3.02. The van der Waals surface area contributed by atoms with Gasteiger partial charge in [-0.15, -0.1) is 0 Å². The Labute approximate surface area is 174 Å². The van der Waals surface area contributed by atoms with Crippen molar-refractivity contribution in [3.63, 3.8) is 0 Å². The number of nitrogens with zero attached hydrogens (tertiary/aromatic N) is 2. The van der Waals surface area contributed by atoms with Gasteiger partial charge in [0.2, 0.25) is 0 Å². The van der Waals surface area contributed by atoms with Crippen LogP contribution in [-0.2, 0) is 6.42 Å². The number of carbonyl (C=O) groups excluding carboxylic acids is 1. The van der Waals surface area contributed by atoms with Crippen molar-refractivity contribution in [2.24, 2.45) is 4.99 Å². The van der Waals surface area contributed by atoms with Gasteiger partial charge in [0.15, 0.2) is 5.96 Å². The van der Waals surface area contributed by atoms with E-state index in [-0.39, 0.29) is 11.9 Å². The zero-order chi connectivity index (χ0) is 21.1. The maximum Gasteiger partial charge on any atom is 0.251 e. The van der Waals surface area contributed by atoms with E-state index in [0.717, 1.165) is 31.0 Å². The lowest BCUT2D eigenvalue weighted by Crippen LogP contribution is -2.40. The van der Waals surface area contributed by atoms with Crippen molar-refractivity contribution in [2.45, 2.75) is 26.3 Å². The van der Waals surface area contributed by atoms with Crippen LogP contribution in [0.25, 0.3) is 0 Å². The van der Waals surface area contributed by atoms with Gasteiger partial charge in [-0.1, -0.05) is 30.3 Å². The lowest BCUT2D eigenvalue weighted by molar-refractivity contribution is 0.0963. The number of anilines is 1. The van der Waals surface area contributed by atoms with Crippen LogP contribution in [0, 0.1) is 0 Å². The lowest BCUT2D eigenvalue weighted by atomic mass is 10.1. The fourth-order valence-corrected chi connectivity index (χ4v) is 2.94. The molecule has 1 unspecified atom stereocenters. The lowest BCUT2D eigenvalue weighted by Gasteiger charge is -2.26. The topological polar surface area (TPSA) is 68.8 Å². The van der Waals surface area contributed by atoms with E-state index in [1.807, 2.05) is 42.5 Å². The van der Waals surface area contributed by atoms with Crippen LogP contribution < -0.4 is 20.9 Å². The van der Waals surface area contributed by atoms with E-state index in [0.29, 0.717) is 12.1 Å². The van der Waals surface area contributed by atoms with Crippen molar-refractivity contribution in [1.29, 1.82) is 0 Å². The number of hydrogen-bond donors (Lipinski definition) is 3. The number of guanidine groups is 1. The number of amides is 1. The van der Waals surface area contributed by atoms with Crippen LogP contribution in [0.2, 0.25) is 0 Å². The molecule has 2 rings (SSSR count). The third kappa shape index (κ3) is 7.14. The molecule has 1 atom stereocenters. The van der Waals surface area contributed by atoms with E-state index >= 15 is 0 Å². The van der Waals surface area contributed by atoms with Crippen LogP contribution in [-0.4, -0.2) is 51.6 Å². The van der Waals surface area contributed by atoms with Gasteiger partial charge in [0.05, 0.1) is 6.54 Å². The summed E-state index contributed by atoms with van der Waals surface area (Å²) < 4.78 is 0. The number of likely N-dealkylation sites (N-methyl/N-ethyl adjacent to an activating group) is 1. The number of benzene rings is 2. The predicted octanol–water partition coefficient (Wildman–Crippen LogP) is 2.67. The van der Waals surface area contributed by atoms with Gasteiger partial charge in [-0.3, -0.25) is 9.79 Å². The van der Waals surface area contributed by atoms with Crippen molar-refractivity contribution >= 4 is 17.6 Å². The van der Waals surface area contributed by atoms with E-state index in [9.17, 15) is 4.79 Å². The molecule has 0 aromatic heterocycles. The van der Waals surface area contributed by atoms with Gasteiger partial charge in [0, 0.05) is 44.5 Å². The first-order valence-electron chi connectivity index (χ1n) is 10.2. The van der Waals surface area contributed by atoms with Gasteiger partial charge in [-0.25, -0.2) is 0 Å². The number of nitrogens with one attached hydrogen (secondary N) is 3. The predicted molar refractivity (Wildman–Crippen MR) is 122 cm³/mol. The third-order valence-electron chi connectivity index (χ3n) is 4.80. The standard InChI is InChI=1S/C23H33N5O/c1-5-25-23(27-17-18(2)28(4)21-12-7-6-8-13-21)26-15-14-19-10-9-11-20(16-19)22(29)24-3/h6-13,16,18H,5,14-15,17H2,1-4H3,(H,24,29)(H2,25,26,27). The fraction of sp³-hybridized carbons (Fsp3) is 0.391. The van der Waals surface area contributed by atoms with E-state index in [1.165, 1.54) is 5.69 Å². The number of carbonyl (C=O) groups is 1. The quantitative estimate of drug-likeness (QED) is 0.451. The maximum atomic E-state index is 11.8. The molecule has 2 aromatic rings. The van der Waals surface area contributed by atoms with Gasteiger partial charge in [0.25, 0.3) is 5.91 Å². The minimum Gasteiger partial charge on any atom is -0.370 e. The van der Waals surface area contributed by atoms with Crippen LogP contribution in [0.1, 0.15) is 29.8 Å². The highest BCUT2D eigenvalue weighted by molar-refractivity contribution is 5.94. The molecule has 0 heterocycles. The van der Waals surface area contributed by atoms with Crippen molar-refractivity contribution in [3.05, 3.63) is 65.7 Å². The second-order valence-corrected chi connectivity index (χ2v) is 6.97. The highest BCUT2D eigenvalue weighted by atomic mass is 16.1. The highest BCUT2D eigenvalue weighted by Crippen LogP contribution is 2.14. The Balaban J connectivity index is 1.90. The first kappa shape index (κ1) is 22.3. The molecule has 0 radical (unpaired) electrons. The molecule has 0 saturated carbocycles. The van der Waals surface area contributed by atoms with E-state index in [1.54, 1.807) is 7.05 Å². The molecule has 1 amide bonds. The van der Waals surface area contributed by atoms with E-state index in [4.69, 9.17) is 4.99 Å². The first-order valence-corrected chi connectivity index (χ1v) is 10.2. The summed E-state index contributed by atoms with van der Waals surface area (Å²) >= 11 is 0. The Morgan fingerprint density at radius 1 is 1.10 bits per heavy atom. The van der Waals surface area contributed by atoms with E-state index in [2.05, 4.69) is 53.9 Å². The van der Waals surface area contributed by atoms with Crippen LogP contribution in [0.15, 0.2) is 59.6 Å². The molecular weight excluding hydrogens is 362 g/mol. The van der Waals surface area contributed by atoms with Crippen molar-refractivity contribution in [1.82, 2.24) is 16.0 Å². The molecule has 0 spiro atoms. The second-order valence-electron chi connectivity index (χ2n) is 6.97. The van der Waals surface area contributed by atoms with Gasteiger partial charge in [0.1, 0.15) is 0 Å². The molecule has 29 heavy (non-hydrogen) atoms. The normalized spacial score (nSPS) is 12.2. The van der Waals surface area contributed by atoms with Crippen molar-refractivity contribution in [2.75, 3.05) is 38.6 Å². The molecule has 6 heteroatoms. The molecule has 156 valence electrons. The van der Waals surface area contributed by atoms with Crippen molar-refractivity contribution < 1.29 is 4.79 Å². The molecule has 0 aliphatic rings. The summed E-state index contributed by atoms with van der Waals surface area (Å²) in [6.07, 6.45) is 0.814. The SMILES string of the molecule is CCNC(=NCC(C)N(C)c1ccccc1)NCCc1cccc(C(=O)NC)c1. The fourth-order valence-electron chi connectivity index (χ4n) is 2.94. The number of para-hydroxylation sites is 1. The number of hydrogen-bond acceptors (Lipinski definition) is 3. The second kappa shape index (κ2) is 11.7. The number of aliphatic imine (C=N–C) groups is 1. The summed E-state index contributed by atoms with van der Waals surface area (Å²) in [5.41, 5.74) is 2.99. The Morgan fingerprint density at radius 2 is 1.86 bits per heavy atom. The van der Waals surface area contributed by atoms with E-state index < -0.39 is 0 Å². The minimum absolute atomic E-state index is 0.0637. The summed E-state index contributed by atoms with van der Waals surface area (Å²) in [5.74, 6) is 0.745. The molecule has 0 bridgehead atoms. The molecule has 0 aliphatic heterocycles. The highest BCUT2D eigenvalue weighted by Gasteiger charge is 2.10. The van der Waals surface area contributed by atoms with Gasteiger partial charge < -0.3 is 20.9 Å². The van der Waals surface area contributed by atoms with Crippen LogP contribution >= 0.6 is 0 Å². The zero-order valence-corrected chi connectivity index (χ0v) is 17.9. The summed E-state index contributed by atoms with van der Waals surface area (Å²) in [6.45, 7) is 6.47. The average molecular weight is 396 g/mol.